The summed E-state index contributed by atoms with van der Waals surface area (Å²) in [5.74, 6) is 0. The molecule has 1 aromatic heterocycles. The van der Waals surface area contributed by atoms with E-state index in [0.29, 0.717) is 5.69 Å². The molecule has 6 heteroatoms. The molecule has 0 amide bonds. The van der Waals surface area contributed by atoms with E-state index in [0.717, 1.165) is 17.5 Å². The van der Waals surface area contributed by atoms with Gasteiger partial charge in [0.15, 0.2) is 0 Å². The molecule has 3 nitrogen and oxygen atoms in total. The van der Waals surface area contributed by atoms with E-state index in [1.54, 1.807) is 19.9 Å². The third-order valence-electron chi connectivity index (χ3n) is 3.19. The maximum atomic E-state index is 13.2. The molecule has 2 rings (SSSR count). The van der Waals surface area contributed by atoms with E-state index in [4.69, 9.17) is 5.73 Å². The summed E-state index contributed by atoms with van der Waals surface area (Å²) in [7, 11) is 0. The lowest BCUT2D eigenvalue weighted by atomic mass is 10.00. The Kier molecular flexibility index (Phi) is 4.09. The summed E-state index contributed by atoms with van der Waals surface area (Å²) in [6.07, 6.45) is -4.22. The Labute approximate surface area is 121 Å². The predicted octanol–water partition coefficient (Wildman–Crippen LogP) is 3.40. The second kappa shape index (κ2) is 5.52. The first-order valence-corrected chi connectivity index (χ1v) is 6.68. The number of nitrogens with zero attached hydrogens (tertiary/aromatic N) is 2. The van der Waals surface area contributed by atoms with Gasteiger partial charge >= 0.3 is 6.18 Å². The maximum Gasteiger partial charge on any atom is 0.416 e. The molecule has 0 spiro atoms. The van der Waals surface area contributed by atoms with Crippen molar-refractivity contribution in [2.75, 3.05) is 0 Å². The predicted molar refractivity (Wildman–Crippen MR) is 75.4 cm³/mol. The highest BCUT2D eigenvalue weighted by molar-refractivity contribution is 5.43. The highest BCUT2D eigenvalue weighted by atomic mass is 19.4. The van der Waals surface area contributed by atoms with Gasteiger partial charge in [0.2, 0.25) is 0 Å². The molecule has 0 aliphatic carbocycles. The van der Waals surface area contributed by atoms with E-state index in [-0.39, 0.29) is 18.0 Å². The minimum absolute atomic E-state index is 0.187. The van der Waals surface area contributed by atoms with E-state index >= 15 is 0 Å². The standard InChI is InChI=1S/C15H18F3N3/c1-9(19)6-12-4-5-13(8-14(12)15(16,17)18)21-11(3)7-10(2)20-21/h4-5,7-9H,6,19H2,1-3H3. The number of alkyl halides is 3. The molecular weight excluding hydrogens is 279 g/mol. The number of nitrogens with two attached hydrogens (primary N) is 1. The van der Waals surface area contributed by atoms with Crippen molar-refractivity contribution >= 4 is 0 Å². The van der Waals surface area contributed by atoms with Crippen LogP contribution < -0.4 is 5.73 Å². The van der Waals surface area contributed by atoms with E-state index in [2.05, 4.69) is 5.10 Å². The van der Waals surface area contributed by atoms with Crippen LogP contribution in [0.1, 0.15) is 29.4 Å². The normalized spacial score (nSPS) is 13.5. The van der Waals surface area contributed by atoms with Gasteiger partial charge in [0, 0.05) is 11.7 Å². The highest BCUT2D eigenvalue weighted by Crippen LogP contribution is 2.34. The average Bonchev–Trinajstić information content (AvgIpc) is 2.67. The van der Waals surface area contributed by atoms with Gasteiger partial charge in [-0.05, 0) is 51.0 Å². The Morgan fingerprint density at radius 2 is 1.90 bits per heavy atom. The molecule has 0 aliphatic rings. The Balaban J connectivity index is 2.54. The zero-order valence-corrected chi connectivity index (χ0v) is 12.2. The van der Waals surface area contributed by atoms with Crippen LogP contribution in [0, 0.1) is 13.8 Å². The lowest BCUT2D eigenvalue weighted by Crippen LogP contribution is -2.21. The monoisotopic (exact) mass is 297 g/mol. The molecule has 21 heavy (non-hydrogen) atoms. The van der Waals surface area contributed by atoms with Crippen LogP contribution in [-0.4, -0.2) is 15.8 Å². The SMILES string of the molecule is Cc1cc(C)n(-c2ccc(CC(C)N)c(C(F)(F)F)c2)n1. The van der Waals surface area contributed by atoms with E-state index in [1.165, 1.54) is 10.7 Å². The number of hydrogen-bond acceptors (Lipinski definition) is 2. The summed E-state index contributed by atoms with van der Waals surface area (Å²) in [5.41, 5.74) is 7.15. The van der Waals surface area contributed by atoms with Gasteiger partial charge in [-0.25, -0.2) is 4.68 Å². The smallest absolute Gasteiger partial charge is 0.328 e. The van der Waals surface area contributed by atoms with Crippen molar-refractivity contribution in [3.05, 3.63) is 46.8 Å². The number of rotatable bonds is 3. The number of aromatic nitrogens is 2. The van der Waals surface area contributed by atoms with Crippen molar-refractivity contribution in [3.8, 4) is 5.69 Å². The third kappa shape index (κ3) is 3.44. The van der Waals surface area contributed by atoms with Gasteiger partial charge in [0.05, 0.1) is 16.9 Å². The van der Waals surface area contributed by atoms with Crippen LogP contribution in [0.3, 0.4) is 0 Å². The van der Waals surface area contributed by atoms with Gasteiger partial charge in [0.25, 0.3) is 0 Å². The second-order valence-corrected chi connectivity index (χ2v) is 5.36. The fourth-order valence-electron chi connectivity index (χ4n) is 2.38. The number of hydrogen-bond donors (Lipinski definition) is 1. The quantitative estimate of drug-likeness (QED) is 0.943. The molecule has 1 heterocycles. The van der Waals surface area contributed by atoms with Crippen LogP contribution in [0.5, 0.6) is 0 Å². The summed E-state index contributed by atoms with van der Waals surface area (Å²) in [6, 6.07) is 5.76. The van der Waals surface area contributed by atoms with Gasteiger partial charge in [0.1, 0.15) is 0 Å². The van der Waals surface area contributed by atoms with Crippen LogP contribution >= 0.6 is 0 Å². The van der Waals surface area contributed by atoms with Crippen LogP contribution in [0.25, 0.3) is 5.69 Å². The largest absolute Gasteiger partial charge is 0.416 e. The topological polar surface area (TPSA) is 43.8 Å². The molecule has 2 aromatic rings. The fraction of sp³-hybridized carbons (Fsp3) is 0.400. The Hall–Kier alpha value is -1.82. The third-order valence-corrected chi connectivity index (χ3v) is 3.19. The molecule has 0 bridgehead atoms. The molecule has 0 radical (unpaired) electrons. The zero-order chi connectivity index (χ0) is 15.8. The van der Waals surface area contributed by atoms with Crippen LogP contribution in [0.4, 0.5) is 13.2 Å². The molecular formula is C15H18F3N3. The Morgan fingerprint density at radius 3 is 2.38 bits per heavy atom. The van der Waals surface area contributed by atoms with Gasteiger partial charge in [-0.3, -0.25) is 0 Å². The summed E-state index contributed by atoms with van der Waals surface area (Å²) in [6.45, 7) is 5.30. The molecule has 0 fully saturated rings. The Bertz CT molecular complexity index is 642. The van der Waals surface area contributed by atoms with Crippen molar-refractivity contribution in [1.82, 2.24) is 9.78 Å². The average molecular weight is 297 g/mol. The summed E-state index contributed by atoms with van der Waals surface area (Å²) in [4.78, 5) is 0. The van der Waals surface area contributed by atoms with Crippen LogP contribution in [0.2, 0.25) is 0 Å². The second-order valence-electron chi connectivity index (χ2n) is 5.36. The molecule has 1 aromatic carbocycles. The molecule has 1 unspecified atom stereocenters. The van der Waals surface area contributed by atoms with Crippen molar-refractivity contribution in [1.29, 1.82) is 0 Å². The fourth-order valence-corrected chi connectivity index (χ4v) is 2.38. The minimum atomic E-state index is -4.41. The van der Waals surface area contributed by atoms with Crippen molar-refractivity contribution in [2.24, 2.45) is 5.73 Å². The van der Waals surface area contributed by atoms with Gasteiger partial charge in [-0.2, -0.15) is 18.3 Å². The lowest BCUT2D eigenvalue weighted by molar-refractivity contribution is -0.138. The molecule has 0 saturated heterocycles. The first-order chi connectivity index (χ1) is 9.68. The van der Waals surface area contributed by atoms with E-state index < -0.39 is 11.7 Å². The summed E-state index contributed by atoms with van der Waals surface area (Å²) in [5, 5.41) is 4.22. The van der Waals surface area contributed by atoms with Crippen molar-refractivity contribution in [3.63, 3.8) is 0 Å². The number of benzene rings is 1. The first kappa shape index (κ1) is 15.6. The number of halogens is 3. The summed E-state index contributed by atoms with van der Waals surface area (Å²) < 4.78 is 41.2. The van der Waals surface area contributed by atoms with Crippen molar-refractivity contribution < 1.29 is 13.2 Å². The molecule has 2 N–H and O–H groups in total. The van der Waals surface area contributed by atoms with E-state index in [1.807, 2.05) is 13.0 Å². The highest BCUT2D eigenvalue weighted by Gasteiger charge is 2.33. The molecule has 0 aliphatic heterocycles. The first-order valence-electron chi connectivity index (χ1n) is 6.68. The van der Waals surface area contributed by atoms with Crippen LogP contribution in [0.15, 0.2) is 24.3 Å². The summed E-state index contributed by atoms with van der Waals surface area (Å²) >= 11 is 0. The zero-order valence-electron chi connectivity index (χ0n) is 12.2. The maximum absolute atomic E-state index is 13.2. The van der Waals surface area contributed by atoms with Gasteiger partial charge in [-0.1, -0.05) is 6.07 Å². The van der Waals surface area contributed by atoms with Gasteiger partial charge < -0.3 is 5.73 Å². The lowest BCUT2D eigenvalue weighted by Gasteiger charge is -2.16. The molecule has 0 saturated carbocycles. The molecule has 114 valence electrons. The molecule has 1 atom stereocenters. The Morgan fingerprint density at radius 1 is 1.24 bits per heavy atom. The van der Waals surface area contributed by atoms with Gasteiger partial charge in [-0.15, -0.1) is 0 Å². The van der Waals surface area contributed by atoms with E-state index in [9.17, 15) is 13.2 Å². The minimum Gasteiger partial charge on any atom is -0.328 e. The van der Waals surface area contributed by atoms with Crippen LogP contribution in [-0.2, 0) is 12.6 Å². The van der Waals surface area contributed by atoms with Crippen molar-refractivity contribution in [2.45, 2.75) is 39.4 Å². The number of aryl methyl sites for hydroxylation is 2.